The average molecular weight is 1080 g/mol. The summed E-state index contributed by atoms with van der Waals surface area (Å²) in [6.07, 6.45) is 18.2. The standard InChI is InChI=1S/C52H68N8O11S3/c1-51(2)43-16-5-7-18-45(43)58(25-9-11-36-73(63,64)65)47(51)22-20-40-14-13-15-41(21-23-48-52(3,4)44-17-6-8-19-46(44)59(48)26-10-12-37-74(66,67)68)49(40)72-35-34-71-33-32-70-31-30-69-29-28-57-39-42(54-55-57)38-56-27-24-53-50(56)60(61)62/h5-8,16-24,27,39H,9-15,25-26,28-38H2,1-4H3,(H-,63,64,65,66,67,68)/p+1. The number of hydrogen-bond acceptors (Lipinski definition) is 14. The van der Waals surface area contributed by atoms with E-state index in [1.165, 1.54) is 44.1 Å². The smallest absolute Gasteiger partial charge is 0.390 e. The van der Waals surface area contributed by atoms with Gasteiger partial charge in [0, 0.05) is 58.1 Å². The molecule has 0 amide bonds. The first-order valence-corrected chi connectivity index (χ1v) is 29.3. The number of imidazole rings is 1. The number of anilines is 1. The number of ether oxygens (including phenoxy) is 3. The van der Waals surface area contributed by atoms with Gasteiger partial charge in [-0.15, -0.1) is 16.9 Å². The van der Waals surface area contributed by atoms with Crippen molar-refractivity contribution >= 4 is 55.0 Å². The van der Waals surface area contributed by atoms with Gasteiger partial charge < -0.3 is 29.2 Å². The molecule has 22 heteroatoms. The molecule has 2 N–H and O–H groups in total. The maximum Gasteiger partial charge on any atom is 0.434 e. The van der Waals surface area contributed by atoms with E-state index in [1.807, 2.05) is 24.3 Å². The zero-order valence-electron chi connectivity index (χ0n) is 42.7. The van der Waals surface area contributed by atoms with Gasteiger partial charge in [-0.2, -0.15) is 21.4 Å². The predicted molar refractivity (Wildman–Crippen MR) is 286 cm³/mol. The van der Waals surface area contributed by atoms with Gasteiger partial charge in [0.1, 0.15) is 31.2 Å². The summed E-state index contributed by atoms with van der Waals surface area (Å²) in [6, 6.07) is 16.7. The van der Waals surface area contributed by atoms with Gasteiger partial charge in [-0.1, -0.05) is 72.6 Å². The fourth-order valence-corrected chi connectivity index (χ4v) is 12.1. The molecule has 19 nitrogen and oxygen atoms in total. The Hall–Kier alpha value is -5.33. The Morgan fingerprint density at radius 1 is 0.811 bits per heavy atom. The second-order valence-corrected chi connectivity index (χ2v) is 23.8. The fourth-order valence-electron chi connectivity index (χ4n) is 9.83. The number of benzene rings is 2. The number of rotatable bonds is 29. The van der Waals surface area contributed by atoms with Crippen LogP contribution in [0, 0.1) is 10.1 Å². The third kappa shape index (κ3) is 15.0. The Morgan fingerprint density at radius 2 is 1.49 bits per heavy atom. The van der Waals surface area contributed by atoms with E-state index in [9.17, 15) is 36.1 Å². The summed E-state index contributed by atoms with van der Waals surface area (Å²) in [4.78, 5) is 17.9. The molecule has 400 valence electrons. The molecule has 3 aliphatic rings. The van der Waals surface area contributed by atoms with Crippen molar-refractivity contribution in [2.75, 3.05) is 74.9 Å². The number of para-hydroxylation sites is 2. The van der Waals surface area contributed by atoms with Crippen molar-refractivity contribution in [2.45, 2.75) is 96.6 Å². The number of thioether (sulfide) groups is 1. The number of fused-ring (bicyclic) bond motifs is 2. The van der Waals surface area contributed by atoms with Crippen molar-refractivity contribution in [3.63, 3.8) is 0 Å². The summed E-state index contributed by atoms with van der Waals surface area (Å²) in [7, 11) is -8.11. The lowest BCUT2D eigenvalue weighted by molar-refractivity contribution is -0.438. The van der Waals surface area contributed by atoms with Crippen molar-refractivity contribution in [1.29, 1.82) is 0 Å². The lowest BCUT2D eigenvalue weighted by Crippen LogP contribution is -2.28. The lowest BCUT2D eigenvalue weighted by Gasteiger charge is -2.27. The number of hydrogen-bond donors (Lipinski definition) is 2. The van der Waals surface area contributed by atoms with Crippen molar-refractivity contribution in [3.05, 3.63) is 140 Å². The van der Waals surface area contributed by atoms with Crippen LogP contribution in [0.3, 0.4) is 0 Å². The van der Waals surface area contributed by atoms with Gasteiger partial charge in [0.15, 0.2) is 5.71 Å². The second-order valence-electron chi connectivity index (χ2n) is 19.5. The van der Waals surface area contributed by atoms with Crippen LogP contribution in [0.4, 0.5) is 17.3 Å². The van der Waals surface area contributed by atoms with E-state index < -0.39 is 25.2 Å². The topological polar surface area (TPSA) is 234 Å². The van der Waals surface area contributed by atoms with Gasteiger partial charge in [0.2, 0.25) is 5.69 Å². The van der Waals surface area contributed by atoms with E-state index in [-0.39, 0.29) is 34.8 Å². The molecule has 0 radical (unpaired) electrons. The lowest BCUT2D eigenvalue weighted by atomic mass is 9.81. The summed E-state index contributed by atoms with van der Waals surface area (Å²) < 4.78 is 87.9. The normalized spacial score (nSPS) is 17.6. The van der Waals surface area contributed by atoms with Crippen molar-refractivity contribution in [3.8, 4) is 0 Å². The van der Waals surface area contributed by atoms with Crippen LogP contribution in [-0.2, 0) is 58.4 Å². The van der Waals surface area contributed by atoms with Crippen molar-refractivity contribution < 1.29 is 49.7 Å². The minimum atomic E-state index is -4.06. The summed E-state index contributed by atoms with van der Waals surface area (Å²) in [6.45, 7) is 13.2. The Labute approximate surface area is 438 Å². The fraction of sp³-hybridized carbons (Fsp3) is 0.500. The first-order valence-electron chi connectivity index (χ1n) is 25.1. The molecule has 0 unspecified atom stereocenters. The third-order valence-electron chi connectivity index (χ3n) is 13.5. The average Bonchev–Trinajstić information content (AvgIpc) is 4.11. The second kappa shape index (κ2) is 25.5. The summed E-state index contributed by atoms with van der Waals surface area (Å²) >= 11 is 1.78. The summed E-state index contributed by atoms with van der Waals surface area (Å²) in [5.41, 5.74) is 9.20. The highest BCUT2D eigenvalue weighted by Gasteiger charge is 2.44. The van der Waals surface area contributed by atoms with Crippen LogP contribution < -0.4 is 4.90 Å². The first kappa shape index (κ1) is 56.4. The Kier molecular flexibility index (Phi) is 19.4. The molecule has 74 heavy (non-hydrogen) atoms. The summed E-state index contributed by atoms with van der Waals surface area (Å²) in [5.74, 6) is -0.105. The van der Waals surface area contributed by atoms with E-state index in [4.69, 9.17) is 14.2 Å². The van der Waals surface area contributed by atoms with Crippen LogP contribution in [0.5, 0.6) is 0 Å². The molecule has 0 spiro atoms. The highest BCUT2D eigenvalue weighted by Crippen LogP contribution is 2.48. The van der Waals surface area contributed by atoms with Gasteiger partial charge in [-0.05, 0) is 86.1 Å². The largest absolute Gasteiger partial charge is 0.434 e. The first-order chi connectivity index (χ1) is 35.3. The molecule has 2 aromatic carbocycles. The Morgan fingerprint density at radius 3 is 2.22 bits per heavy atom. The Balaban J connectivity index is 1.01. The highest BCUT2D eigenvalue weighted by molar-refractivity contribution is 8.03. The number of nitro groups is 1. The van der Waals surface area contributed by atoms with Gasteiger partial charge in [0.05, 0.1) is 69.3 Å². The molecule has 0 atom stereocenters. The van der Waals surface area contributed by atoms with Crippen LogP contribution in [0.1, 0.15) is 89.5 Å². The molecule has 0 bridgehead atoms. The van der Waals surface area contributed by atoms with Gasteiger partial charge in [-0.3, -0.25) is 9.11 Å². The van der Waals surface area contributed by atoms with E-state index >= 15 is 0 Å². The molecule has 2 aliphatic heterocycles. The third-order valence-corrected chi connectivity index (χ3v) is 16.3. The number of unbranched alkanes of at least 4 members (excludes halogenated alkanes) is 2. The van der Waals surface area contributed by atoms with Crippen LogP contribution >= 0.6 is 11.8 Å². The van der Waals surface area contributed by atoms with Crippen molar-refractivity contribution in [2.24, 2.45) is 0 Å². The maximum absolute atomic E-state index is 11.6. The highest BCUT2D eigenvalue weighted by atomic mass is 32.2. The van der Waals surface area contributed by atoms with Crippen molar-refractivity contribution in [1.82, 2.24) is 24.5 Å². The van der Waals surface area contributed by atoms with Gasteiger partial charge in [-0.25, -0.2) is 9.25 Å². The number of nitrogens with zero attached hydrogens (tertiary/aromatic N) is 8. The molecule has 1 aliphatic carbocycles. The molecule has 4 heterocycles. The van der Waals surface area contributed by atoms with E-state index in [0.717, 1.165) is 42.0 Å². The maximum atomic E-state index is 11.6. The molecule has 0 saturated heterocycles. The molecule has 7 rings (SSSR count). The summed E-state index contributed by atoms with van der Waals surface area (Å²) in [5, 5.41) is 19.3. The number of allylic oxidation sites excluding steroid dienone is 7. The minimum Gasteiger partial charge on any atom is -0.390 e. The molecule has 0 fully saturated rings. The molecule has 2 aromatic heterocycles. The van der Waals surface area contributed by atoms with E-state index in [0.29, 0.717) is 96.4 Å². The van der Waals surface area contributed by atoms with Crippen LogP contribution in [0.25, 0.3) is 0 Å². The quantitative estimate of drug-likeness (QED) is 0.0171. The van der Waals surface area contributed by atoms with E-state index in [2.05, 4.69) is 101 Å². The molecular formula is C52H69N8O11S3+. The minimum absolute atomic E-state index is 0.184. The molecule has 4 aromatic rings. The van der Waals surface area contributed by atoms with Gasteiger partial charge in [0.25, 0.3) is 20.2 Å². The Bertz CT molecular complexity index is 2990. The van der Waals surface area contributed by atoms with Gasteiger partial charge >= 0.3 is 5.95 Å². The zero-order valence-corrected chi connectivity index (χ0v) is 45.1. The van der Waals surface area contributed by atoms with E-state index in [1.54, 1.807) is 22.6 Å². The molecule has 0 saturated carbocycles. The number of aromatic nitrogens is 5. The SMILES string of the molecule is CC1(C)C(/C=C/C2=C(SCCOCCOCCOCCn3cc(Cn4ccnc4[N+](=O)[O-])nn3)C(=C/C=C3/N(CCCCS(=O)(=O)O)c4ccccc4C3(C)C)/CCC2)=[N+](CCCCS(=O)(=O)O)c2ccccc21. The molecular weight excluding hydrogens is 1010 g/mol. The monoisotopic (exact) mass is 1080 g/mol. The van der Waals surface area contributed by atoms with Crippen LogP contribution in [-0.4, -0.2) is 136 Å². The van der Waals surface area contributed by atoms with Crippen LogP contribution in [0.2, 0.25) is 0 Å². The van der Waals surface area contributed by atoms with Crippen LogP contribution in [0.15, 0.2) is 113 Å². The zero-order chi connectivity index (χ0) is 52.9. The predicted octanol–water partition coefficient (Wildman–Crippen LogP) is 8.23.